The van der Waals surface area contributed by atoms with Crippen molar-refractivity contribution in [2.75, 3.05) is 24.5 Å². The normalized spacial score (nSPS) is 17.3. The average Bonchev–Trinajstić information content (AvgIpc) is 3.21. The Morgan fingerprint density at radius 1 is 1.25 bits per heavy atom. The lowest BCUT2D eigenvalue weighted by atomic mass is 10.1. The molecule has 4 rings (SSSR count). The van der Waals surface area contributed by atoms with E-state index in [-0.39, 0.29) is 11.6 Å². The summed E-state index contributed by atoms with van der Waals surface area (Å²) in [6.07, 6.45) is -1.78. The van der Waals surface area contributed by atoms with Crippen LogP contribution < -0.4 is 10.5 Å². The van der Waals surface area contributed by atoms with E-state index in [9.17, 15) is 18.0 Å². The molecule has 166 valence electrons. The van der Waals surface area contributed by atoms with Gasteiger partial charge in [-0.25, -0.2) is 4.98 Å². The summed E-state index contributed by atoms with van der Waals surface area (Å²) in [6, 6.07) is 7.45. The van der Waals surface area contributed by atoms with E-state index in [0.717, 1.165) is 17.8 Å². The third-order valence-corrected chi connectivity index (χ3v) is 5.48. The molecule has 1 saturated heterocycles. The molecule has 1 aliphatic rings. The highest BCUT2D eigenvalue weighted by Crippen LogP contribution is 2.30. The first-order valence-corrected chi connectivity index (χ1v) is 9.95. The number of aromatic nitrogens is 4. The zero-order chi connectivity index (χ0) is 22.9. The average molecular weight is 443 g/mol. The number of pyridine rings is 2. The summed E-state index contributed by atoms with van der Waals surface area (Å²) in [6.45, 7) is 4.55. The van der Waals surface area contributed by atoms with Crippen LogP contribution >= 0.6 is 0 Å². The monoisotopic (exact) mass is 443 g/mol. The lowest BCUT2D eigenvalue weighted by Crippen LogP contribution is -2.51. The van der Waals surface area contributed by atoms with Crippen LogP contribution in [0.1, 0.15) is 23.6 Å². The van der Waals surface area contributed by atoms with E-state index in [0.29, 0.717) is 43.4 Å². The van der Waals surface area contributed by atoms with Crippen LogP contribution in [0.3, 0.4) is 0 Å². The van der Waals surface area contributed by atoms with Gasteiger partial charge in [-0.05, 0) is 31.2 Å². The first-order valence-electron chi connectivity index (χ1n) is 9.95. The summed E-state index contributed by atoms with van der Waals surface area (Å²) in [7, 11) is 0. The van der Waals surface area contributed by atoms with Gasteiger partial charge in [-0.15, -0.1) is 0 Å². The zero-order valence-corrected chi connectivity index (χ0v) is 17.1. The molecule has 2 N–H and O–H groups in total. The Balaban J connectivity index is 1.44. The van der Waals surface area contributed by atoms with Gasteiger partial charge in [-0.2, -0.15) is 23.5 Å². The lowest BCUT2D eigenvalue weighted by Gasteiger charge is -2.40. The second-order valence-corrected chi connectivity index (χ2v) is 7.67. The van der Waals surface area contributed by atoms with Crippen molar-refractivity contribution in [2.24, 2.45) is 0 Å². The maximum absolute atomic E-state index is 12.8. The Hall–Kier alpha value is -3.65. The van der Waals surface area contributed by atoms with Gasteiger partial charge in [0.25, 0.3) is 5.56 Å². The Morgan fingerprint density at radius 2 is 2.06 bits per heavy atom. The van der Waals surface area contributed by atoms with Crippen molar-refractivity contribution in [3.05, 3.63) is 63.7 Å². The van der Waals surface area contributed by atoms with Crippen LogP contribution in [0.2, 0.25) is 0 Å². The highest BCUT2D eigenvalue weighted by atomic mass is 19.4. The third kappa shape index (κ3) is 4.36. The molecule has 0 amide bonds. The number of nitrogens with zero attached hydrogens (tertiary/aromatic N) is 5. The number of aromatic amines is 2. The fourth-order valence-electron chi connectivity index (χ4n) is 3.85. The number of rotatable bonds is 4. The van der Waals surface area contributed by atoms with Crippen molar-refractivity contribution in [3.63, 3.8) is 0 Å². The van der Waals surface area contributed by atoms with Gasteiger partial charge in [-0.3, -0.25) is 14.8 Å². The van der Waals surface area contributed by atoms with Crippen LogP contribution in [0.4, 0.5) is 19.0 Å². The molecule has 0 saturated carbocycles. The molecule has 0 aromatic carbocycles. The fraction of sp³-hybridized carbons (Fsp3) is 0.333. The summed E-state index contributed by atoms with van der Waals surface area (Å²) >= 11 is 0. The third-order valence-electron chi connectivity index (χ3n) is 5.48. The van der Waals surface area contributed by atoms with Crippen LogP contribution in [0.25, 0.3) is 11.4 Å². The molecule has 32 heavy (non-hydrogen) atoms. The molecular weight excluding hydrogens is 423 g/mol. The lowest BCUT2D eigenvalue weighted by molar-refractivity contribution is -0.137. The zero-order valence-electron chi connectivity index (χ0n) is 17.1. The molecule has 0 spiro atoms. The molecule has 3 aromatic rings. The SMILES string of the molecule is CC1CN(Cc2c[nH]nc2-c2ccc(C#N)c(=O)[nH]2)CCN1c1ccc(C(F)(F)F)cn1. The molecule has 0 radical (unpaired) electrons. The molecule has 0 aliphatic carbocycles. The van der Waals surface area contributed by atoms with E-state index < -0.39 is 17.3 Å². The Labute approximate surface area is 181 Å². The maximum atomic E-state index is 12.8. The quantitative estimate of drug-likeness (QED) is 0.643. The molecule has 3 aromatic heterocycles. The second kappa shape index (κ2) is 8.47. The van der Waals surface area contributed by atoms with Crippen LogP contribution in [0.15, 0.2) is 41.5 Å². The summed E-state index contributed by atoms with van der Waals surface area (Å²) in [4.78, 5) is 22.9. The predicted octanol–water partition coefficient (Wildman–Crippen LogP) is 2.76. The highest BCUT2D eigenvalue weighted by molar-refractivity contribution is 5.58. The summed E-state index contributed by atoms with van der Waals surface area (Å²) in [5.74, 6) is 0.518. The summed E-state index contributed by atoms with van der Waals surface area (Å²) in [5, 5.41) is 16.0. The number of piperazine rings is 1. The van der Waals surface area contributed by atoms with Gasteiger partial charge >= 0.3 is 6.18 Å². The van der Waals surface area contributed by atoms with Gasteiger partial charge in [0.2, 0.25) is 0 Å². The van der Waals surface area contributed by atoms with Crippen LogP contribution in [-0.2, 0) is 12.7 Å². The molecular formula is C21H20F3N7O. The number of nitrogens with one attached hydrogen (secondary N) is 2. The molecule has 4 heterocycles. The largest absolute Gasteiger partial charge is 0.417 e. The standard InChI is InChI=1S/C21H20F3N7O/c1-13-11-30(6-7-31(13)18-5-3-16(10-26-18)21(22,23)24)12-15-9-27-29-19(15)17-4-2-14(8-25)20(32)28-17/h2-5,9-10,13H,6-7,11-12H2,1H3,(H,27,29)(H,28,32). The molecule has 8 nitrogen and oxygen atoms in total. The van der Waals surface area contributed by atoms with Crippen molar-refractivity contribution in [3.8, 4) is 17.5 Å². The molecule has 0 bridgehead atoms. The number of hydrogen-bond acceptors (Lipinski definition) is 6. The number of halogens is 3. The Bertz CT molecular complexity index is 1190. The molecule has 11 heteroatoms. The van der Waals surface area contributed by atoms with E-state index in [1.54, 1.807) is 12.3 Å². The van der Waals surface area contributed by atoms with Gasteiger partial charge in [0.05, 0.1) is 11.3 Å². The minimum atomic E-state index is -4.41. The van der Waals surface area contributed by atoms with Crippen LogP contribution in [0.5, 0.6) is 0 Å². The van der Waals surface area contributed by atoms with Crippen molar-refractivity contribution >= 4 is 5.82 Å². The van der Waals surface area contributed by atoms with E-state index in [1.807, 2.05) is 17.9 Å². The molecule has 1 fully saturated rings. The van der Waals surface area contributed by atoms with Gasteiger partial charge < -0.3 is 9.88 Å². The topological polar surface area (TPSA) is 105 Å². The number of hydrogen-bond donors (Lipinski definition) is 2. The van der Waals surface area contributed by atoms with E-state index in [2.05, 4.69) is 25.1 Å². The Morgan fingerprint density at radius 3 is 2.69 bits per heavy atom. The highest BCUT2D eigenvalue weighted by Gasteiger charge is 2.32. The fourth-order valence-corrected chi connectivity index (χ4v) is 3.85. The molecule has 1 aliphatic heterocycles. The van der Waals surface area contributed by atoms with Crippen molar-refractivity contribution in [1.29, 1.82) is 5.26 Å². The van der Waals surface area contributed by atoms with E-state index in [4.69, 9.17) is 5.26 Å². The smallest absolute Gasteiger partial charge is 0.351 e. The second-order valence-electron chi connectivity index (χ2n) is 7.67. The van der Waals surface area contributed by atoms with E-state index >= 15 is 0 Å². The van der Waals surface area contributed by atoms with Gasteiger partial charge in [0, 0.05) is 50.2 Å². The summed E-state index contributed by atoms with van der Waals surface area (Å²) in [5.41, 5.74) is 0.814. The first-order chi connectivity index (χ1) is 15.3. The van der Waals surface area contributed by atoms with Crippen molar-refractivity contribution in [1.82, 2.24) is 25.1 Å². The van der Waals surface area contributed by atoms with Gasteiger partial charge in [0.1, 0.15) is 23.1 Å². The van der Waals surface area contributed by atoms with Gasteiger partial charge in [0.15, 0.2) is 0 Å². The maximum Gasteiger partial charge on any atom is 0.417 e. The van der Waals surface area contributed by atoms with Crippen LogP contribution in [0, 0.1) is 11.3 Å². The van der Waals surface area contributed by atoms with Crippen molar-refractivity contribution < 1.29 is 13.2 Å². The van der Waals surface area contributed by atoms with E-state index in [1.165, 1.54) is 12.1 Å². The molecule has 1 unspecified atom stereocenters. The minimum Gasteiger partial charge on any atom is -0.351 e. The predicted molar refractivity (Wildman–Crippen MR) is 111 cm³/mol. The molecule has 1 atom stereocenters. The minimum absolute atomic E-state index is 0.0349. The number of alkyl halides is 3. The number of H-pyrrole nitrogens is 2. The number of nitriles is 1. The van der Waals surface area contributed by atoms with Crippen LogP contribution in [-0.4, -0.2) is 50.7 Å². The van der Waals surface area contributed by atoms with Crippen molar-refractivity contribution in [2.45, 2.75) is 25.7 Å². The Kier molecular flexibility index (Phi) is 5.71. The first kappa shape index (κ1) is 21.6. The van der Waals surface area contributed by atoms with Gasteiger partial charge in [-0.1, -0.05) is 0 Å². The summed E-state index contributed by atoms with van der Waals surface area (Å²) < 4.78 is 38.4. The number of anilines is 1.